The van der Waals surface area contributed by atoms with Gasteiger partial charge in [-0.1, -0.05) is 23.2 Å². The van der Waals surface area contributed by atoms with Gasteiger partial charge in [-0.2, -0.15) is 4.98 Å². The SMILES string of the molecule is Cc1cc(Cl)nc(Cn2c(-c3ccc(OCCN4CCNCC4)cc3Cl)nc3c(OC4(C)CC4)ncnc32)c1. The molecule has 6 rings (SSSR count). The lowest BCUT2D eigenvalue weighted by atomic mass is 10.2. The van der Waals surface area contributed by atoms with Gasteiger partial charge in [0, 0.05) is 38.3 Å². The number of aryl methyl sites for hydroxylation is 1. The summed E-state index contributed by atoms with van der Waals surface area (Å²) in [6, 6.07) is 9.54. The summed E-state index contributed by atoms with van der Waals surface area (Å²) in [6.45, 7) is 10.1. The maximum absolute atomic E-state index is 6.84. The van der Waals surface area contributed by atoms with Gasteiger partial charge < -0.3 is 19.4 Å². The number of fused-ring (bicyclic) bond motifs is 1. The van der Waals surface area contributed by atoms with Crippen molar-refractivity contribution in [3.05, 3.63) is 58.1 Å². The molecule has 11 heteroatoms. The van der Waals surface area contributed by atoms with Gasteiger partial charge in [-0.05, 0) is 62.6 Å². The third kappa shape index (κ3) is 5.96. The summed E-state index contributed by atoms with van der Waals surface area (Å²) < 4.78 is 14.3. The fraction of sp³-hybridized carbons (Fsp3) is 0.429. The van der Waals surface area contributed by atoms with Crippen LogP contribution in [-0.4, -0.2) is 74.3 Å². The maximum atomic E-state index is 6.84. The molecule has 3 aromatic heterocycles. The quantitative estimate of drug-likeness (QED) is 0.289. The lowest BCUT2D eigenvalue weighted by molar-refractivity contribution is 0.191. The number of hydrogen-bond acceptors (Lipinski definition) is 8. The van der Waals surface area contributed by atoms with Crippen LogP contribution in [0, 0.1) is 6.92 Å². The number of halogens is 2. The van der Waals surface area contributed by atoms with Crippen molar-refractivity contribution >= 4 is 34.4 Å². The highest BCUT2D eigenvalue weighted by molar-refractivity contribution is 6.33. The summed E-state index contributed by atoms with van der Waals surface area (Å²) in [6.07, 6.45) is 3.48. The largest absolute Gasteiger partial charge is 0.492 e. The van der Waals surface area contributed by atoms with Gasteiger partial charge in [0.2, 0.25) is 5.88 Å². The Balaban J connectivity index is 1.33. The van der Waals surface area contributed by atoms with Crippen molar-refractivity contribution in [1.29, 1.82) is 0 Å². The molecule has 1 saturated carbocycles. The molecule has 0 unspecified atom stereocenters. The van der Waals surface area contributed by atoms with Crippen LogP contribution in [0.2, 0.25) is 10.2 Å². The minimum absolute atomic E-state index is 0.210. The zero-order chi connectivity index (χ0) is 27.0. The van der Waals surface area contributed by atoms with E-state index in [4.69, 9.17) is 37.7 Å². The molecule has 0 radical (unpaired) electrons. The van der Waals surface area contributed by atoms with Crippen molar-refractivity contribution in [3.63, 3.8) is 0 Å². The summed E-state index contributed by atoms with van der Waals surface area (Å²) in [5.74, 6) is 1.84. The molecule has 1 aliphatic heterocycles. The highest BCUT2D eigenvalue weighted by atomic mass is 35.5. The molecule has 0 atom stereocenters. The Kier molecular flexibility index (Phi) is 7.33. The summed E-state index contributed by atoms with van der Waals surface area (Å²) >= 11 is 13.1. The van der Waals surface area contributed by atoms with Crippen molar-refractivity contribution in [3.8, 4) is 23.0 Å². The number of nitrogens with zero attached hydrogens (tertiary/aromatic N) is 6. The number of piperazine rings is 1. The molecule has 204 valence electrons. The maximum Gasteiger partial charge on any atom is 0.245 e. The summed E-state index contributed by atoms with van der Waals surface area (Å²) in [5.41, 5.74) is 3.60. The van der Waals surface area contributed by atoms with Crippen molar-refractivity contribution in [2.45, 2.75) is 38.8 Å². The van der Waals surface area contributed by atoms with Gasteiger partial charge >= 0.3 is 0 Å². The highest BCUT2D eigenvalue weighted by Crippen LogP contribution is 2.41. The van der Waals surface area contributed by atoms with E-state index < -0.39 is 0 Å². The van der Waals surface area contributed by atoms with Crippen LogP contribution in [0.3, 0.4) is 0 Å². The zero-order valence-electron chi connectivity index (χ0n) is 22.1. The van der Waals surface area contributed by atoms with E-state index in [1.807, 2.05) is 41.8 Å². The van der Waals surface area contributed by atoms with E-state index in [2.05, 4.69) is 32.1 Å². The van der Waals surface area contributed by atoms with Gasteiger partial charge in [-0.25, -0.2) is 15.0 Å². The molecule has 0 bridgehead atoms. The van der Waals surface area contributed by atoms with Gasteiger partial charge in [0.1, 0.15) is 35.3 Å². The molecule has 9 nitrogen and oxygen atoms in total. The summed E-state index contributed by atoms with van der Waals surface area (Å²) in [4.78, 5) is 20.9. The summed E-state index contributed by atoms with van der Waals surface area (Å²) in [5, 5.41) is 4.34. The van der Waals surface area contributed by atoms with Crippen molar-refractivity contribution in [2.24, 2.45) is 0 Å². The van der Waals surface area contributed by atoms with E-state index in [1.54, 1.807) is 0 Å². The standard InChI is InChI=1S/C28H31Cl2N7O2/c1-18-13-19(34-23(30)14-18)16-37-25(35-24-26(37)32-17-33-27(24)39-28(2)5-6-28)21-4-3-20(15-22(21)29)38-12-11-36-9-7-31-8-10-36/h3-4,13-15,17,31H,5-12,16H2,1-2H3. The molecule has 2 aliphatic rings. The molecule has 2 fully saturated rings. The van der Waals surface area contributed by atoms with Crippen LogP contribution in [0.25, 0.3) is 22.6 Å². The number of nitrogens with one attached hydrogen (secondary N) is 1. The smallest absolute Gasteiger partial charge is 0.245 e. The van der Waals surface area contributed by atoms with Crippen LogP contribution < -0.4 is 14.8 Å². The van der Waals surface area contributed by atoms with E-state index in [1.165, 1.54) is 6.33 Å². The van der Waals surface area contributed by atoms with E-state index in [9.17, 15) is 0 Å². The fourth-order valence-corrected chi connectivity index (χ4v) is 5.32. The first-order valence-corrected chi connectivity index (χ1v) is 14.0. The van der Waals surface area contributed by atoms with Crippen LogP contribution in [0.15, 0.2) is 36.7 Å². The molecule has 1 aromatic carbocycles. The minimum Gasteiger partial charge on any atom is -0.492 e. The Morgan fingerprint density at radius 2 is 1.87 bits per heavy atom. The van der Waals surface area contributed by atoms with Gasteiger partial charge in [0.15, 0.2) is 11.2 Å². The molecule has 1 saturated heterocycles. The Labute approximate surface area is 237 Å². The number of hydrogen-bond donors (Lipinski definition) is 1. The van der Waals surface area contributed by atoms with E-state index in [0.717, 1.165) is 68.1 Å². The first kappa shape index (κ1) is 26.3. The van der Waals surface area contributed by atoms with Crippen molar-refractivity contribution < 1.29 is 9.47 Å². The van der Waals surface area contributed by atoms with Gasteiger partial charge in [-0.15, -0.1) is 0 Å². The molecule has 4 aromatic rings. The molecule has 1 N–H and O–H groups in total. The number of aromatic nitrogens is 5. The number of rotatable bonds is 9. The molecule has 1 aliphatic carbocycles. The fourth-order valence-electron chi connectivity index (χ4n) is 4.79. The first-order chi connectivity index (χ1) is 18.9. The average Bonchev–Trinajstić information content (AvgIpc) is 3.52. The predicted molar refractivity (Wildman–Crippen MR) is 152 cm³/mol. The molecule has 4 heterocycles. The van der Waals surface area contributed by atoms with E-state index in [-0.39, 0.29) is 5.60 Å². The second kappa shape index (κ2) is 10.9. The average molecular weight is 569 g/mol. The van der Waals surface area contributed by atoms with Crippen LogP contribution in [-0.2, 0) is 6.54 Å². The van der Waals surface area contributed by atoms with Crippen molar-refractivity contribution in [1.82, 2.24) is 34.7 Å². The van der Waals surface area contributed by atoms with Crippen LogP contribution >= 0.6 is 23.2 Å². The number of ether oxygens (including phenoxy) is 2. The molecular weight excluding hydrogens is 537 g/mol. The Hall–Kier alpha value is -2.98. The van der Waals surface area contributed by atoms with Gasteiger partial charge in [0.05, 0.1) is 17.3 Å². The lowest BCUT2D eigenvalue weighted by Crippen LogP contribution is -2.44. The number of benzene rings is 1. The third-order valence-electron chi connectivity index (χ3n) is 7.17. The molecular formula is C28H31Cl2N7O2. The normalized spacial score (nSPS) is 16.9. The second-order valence-corrected chi connectivity index (χ2v) is 11.3. The van der Waals surface area contributed by atoms with Gasteiger partial charge in [0.25, 0.3) is 0 Å². The number of pyridine rings is 1. The van der Waals surface area contributed by atoms with Crippen LogP contribution in [0.4, 0.5) is 0 Å². The van der Waals surface area contributed by atoms with Crippen LogP contribution in [0.1, 0.15) is 31.0 Å². The summed E-state index contributed by atoms with van der Waals surface area (Å²) in [7, 11) is 0. The lowest BCUT2D eigenvalue weighted by Gasteiger charge is -2.26. The van der Waals surface area contributed by atoms with Gasteiger partial charge in [-0.3, -0.25) is 4.90 Å². The minimum atomic E-state index is -0.210. The topological polar surface area (TPSA) is 90.2 Å². The molecule has 39 heavy (non-hydrogen) atoms. The zero-order valence-corrected chi connectivity index (χ0v) is 23.6. The Morgan fingerprint density at radius 3 is 2.62 bits per heavy atom. The molecule has 0 spiro atoms. The second-order valence-electron chi connectivity index (χ2n) is 10.5. The predicted octanol–water partition coefficient (Wildman–Crippen LogP) is 4.77. The molecule has 0 amide bonds. The number of imidazole rings is 1. The van der Waals surface area contributed by atoms with E-state index >= 15 is 0 Å². The van der Waals surface area contributed by atoms with Crippen LogP contribution in [0.5, 0.6) is 11.6 Å². The van der Waals surface area contributed by atoms with E-state index in [0.29, 0.717) is 46.2 Å². The Morgan fingerprint density at radius 1 is 1.05 bits per heavy atom. The highest BCUT2D eigenvalue weighted by Gasteiger charge is 2.41. The first-order valence-electron chi connectivity index (χ1n) is 13.3. The van der Waals surface area contributed by atoms with Crippen molar-refractivity contribution in [2.75, 3.05) is 39.3 Å². The monoisotopic (exact) mass is 567 g/mol. The Bertz CT molecular complexity index is 1480. The third-order valence-corrected chi connectivity index (χ3v) is 7.68.